The third kappa shape index (κ3) is 2.98. The molecule has 1 heterocycles. The zero-order valence-corrected chi connectivity index (χ0v) is 12.1. The molecule has 2 aromatic rings. The summed E-state index contributed by atoms with van der Waals surface area (Å²) in [6.07, 6.45) is 1.16. The maximum Gasteiger partial charge on any atom is 0.517 e. The molecule has 0 spiro atoms. The Kier molecular flexibility index (Phi) is 4.27. The topological polar surface area (TPSA) is 59.5 Å². The normalized spacial score (nSPS) is 12.0. The van der Waals surface area contributed by atoms with Crippen molar-refractivity contribution in [2.75, 3.05) is 11.4 Å². The van der Waals surface area contributed by atoms with E-state index in [1.807, 2.05) is 0 Å². The van der Waals surface area contributed by atoms with Crippen LogP contribution in [0.3, 0.4) is 0 Å². The second-order valence-corrected chi connectivity index (χ2v) is 5.88. The van der Waals surface area contributed by atoms with Crippen LogP contribution in [0.2, 0.25) is 0 Å². The fraction of sp³-hybridized carbons (Fsp3) is 0.154. The van der Waals surface area contributed by atoms with Gasteiger partial charge in [0.1, 0.15) is 5.75 Å². The largest absolute Gasteiger partial charge is 0.517 e. The number of sulfonamides is 1. The maximum absolute atomic E-state index is 12.9. The van der Waals surface area contributed by atoms with Crippen LogP contribution in [0, 0.1) is 0 Å². The Balaban J connectivity index is 2.66. The van der Waals surface area contributed by atoms with Crippen LogP contribution in [0.4, 0.5) is 24.7 Å². The lowest BCUT2D eigenvalue weighted by Gasteiger charge is -2.24. The van der Waals surface area contributed by atoms with Crippen LogP contribution >= 0.6 is 0 Å². The smallest absolute Gasteiger partial charge is 0.497 e. The molecular formula is C13H11F3N2O3S. The average Bonchev–Trinajstić information content (AvgIpc) is 2.47. The Labute approximate surface area is 125 Å². The van der Waals surface area contributed by atoms with E-state index in [1.54, 1.807) is 6.07 Å². The van der Waals surface area contributed by atoms with Crippen molar-refractivity contribution in [3.8, 4) is 5.75 Å². The molecule has 0 bridgehead atoms. The van der Waals surface area contributed by atoms with Crippen molar-refractivity contribution in [1.29, 1.82) is 0 Å². The number of hydrogen-bond donors (Lipinski definition) is 0. The standard InChI is InChI=1S/C13H11F3N2O3S/c1-21-11-7-8-17-12(9-11)18(10-5-3-2-4-6-10)22(19,20)13(14,15)16/h2-9H,1H3. The summed E-state index contributed by atoms with van der Waals surface area (Å²) in [6, 6.07) is 9.39. The van der Waals surface area contributed by atoms with Crippen molar-refractivity contribution < 1.29 is 26.3 Å². The number of hydrogen-bond acceptors (Lipinski definition) is 4. The summed E-state index contributed by atoms with van der Waals surface area (Å²) in [6.45, 7) is 0. The van der Waals surface area contributed by atoms with Gasteiger partial charge in [-0.2, -0.15) is 21.6 Å². The number of rotatable bonds is 4. The van der Waals surface area contributed by atoms with Crippen molar-refractivity contribution >= 4 is 21.5 Å². The monoisotopic (exact) mass is 332 g/mol. The number of methoxy groups -OCH3 is 1. The third-order valence-electron chi connectivity index (χ3n) is 2.68. The SMILES string of the molecule is COc1ccnc(N(c2ccccc2)S(=O)(=O)C(F)(F)F)c1. The molecule has 1 aromatic carbocycles. The van der Waals surface area contributed by atoms with Gasteiger partial charge in [0, 0.05) is 12.3 Å². The van der Waals surface area contributed by atoms with E-state index < -0.39 is 21.3 Å². The molecule has 0 N–H and O–H groups in total. The first-order valence-corrected chi connectivity index (χ1v) is 7.38. The van der Waals surface area contributed by atoms with Crippen LogP contribution in [-0.2, 0) is 10.0 Å². The number of aromatic nitrogens is 1. The van der Waals surface area contributed by atoms with Crippen molar-refractivity contribution in [2.24, 2.45) is 0 Å². The molecule has 0 amide bonds. The van der Waals surface area contributed by atoms with Crippen molar-refractivity contribution in [2.45, 2.75) is 5.51 Å². The Morgan fingerprint density at radius 3 is 2.32 bits per heavy atom. The van der Waals surface area contributed by atoms with Gasteiger partial charge in [-0.15, -0.1) is 0 Å². The zero-order chi connectivity index (χ0) is 16.4. The first-order valence-electron chi connectivity index (χ1n) is 5.94. The minimum absolute atomic E-state index is 0.134. The minimum atomic E-state index is -5.65. The molecule has 1 aromatic heterocycles. The van der Waals surface area contributed by atoms with E-state index in [0.717, 1.165) is 12.3 Å². The molecule has 5 nitrogen and oxygen atoms in total. The molecule has 0 saturated heterocycles. The minimum Gasteiger partial charge on any atom is -0.497 e. The number of nitrogens with zero attached hydrogens (tertiary/aromatic N) is 2. The number of benzene rings is 1. The first-order chi connectivity index (χ1) is 10.3. The van der Waals surface area contributed by atoms with Crippen LogP contribution in [0.15, 0.2) is 48.7 Å². The summed E-state index contributed by atoms with van der Waals surface area (Å²) < 4.78 is 67.6. The predicted octanol–water partition coefficient (Wildman–Crippen LogP) is 3.08. The van der Waals surface area contributed by atoms with Crippen LogP contribution in [-0.4, -0.2) is 26.0 Å². The van der Waals surface area contributed by atoms with Gasteiger partial charge in [0.2, 0.25) is 0 Å². The zero-order valence-electron chi connectivity index (χ0n) is 11.3. The van der Waals surface area contributed by atoms with Gasteiger partial charge in [0.15, 0.2) is 5.82 Å². The highest BCUT2D eigenvalue weighted by Gasteiger charge is 2.51. The second kappa shape index (κ2) is 5.84. The Bertz CT molecular complexity index is 749. The molecule has 0 saturated carbocycles. The Morgan fingerprint density at radius 2 is 1.77 bits per heavy atom. The van der Waals surface area contributed by atoms with Gasteiger partial charge in [0.25, 0.3) is 0 Å². The highest BCUT2D eigenvalue weighted by Crippen LogP contribution is 2.36. The van der Waals surface area contributed by atoms with Crippen LogP contribution in [0.25, 0.3) is 0 Å². The van der Waals surface area contributed by atoms with Gasteiger partial charge in [0.05, 0.1) is 12.8 Å². The summed E-state index contributed by atoms with van der Waals surface area (Å²) in [5, 5.41) is 0. The summed E-state index contributed by atoms with van der Waals surface area (Å²) in [5.74, 6) is -0.230. The lowest BCUT2D eigenvalue weighted by molar-refractivity contribution is -0.0435. The molecule has 22 heavy (non-hydrogen) atoms. The molecule has 0 radical (unpaired) electrons. The maximum atomic E-state index is 12.9. The van der Waals surface area contributed by atoms with E-state index in [9.17, 15) is 21.6 Å². The van der Waals surface area contributed by atoms with Crippen LogP contribution in [0.1, 0.15) is 0 Å². The lowest BCUT2D eigenvalue weighted by atomic mass is 10.3. The van der Waals surface area contributed by atoms with Gasteiger partial charge >= 0.3 is 15.5 Å². The number of pyridine rings is 1. The number of ether oxygens (including phenoxy) is 1. The molecule has 0 aliphatic rings. The van der Waals surface area contributed by atoms with E-state index in [2.05, 4.69) is 4.98 Å². The van der Waals surface area contributed by atoms with E-state index in [4.69, 9.17) is 4.74 Å². The molecule has 0 unspecified atom stereocenters. The highest BCUT2D eigenvalue weighted by atomic mass is 32.2. The third-order valence-corrected chi connectivity index (χ3v) is 4.15. The molecule has 0 aliphatic heterocycles. The van der Waals surface area contributed by atoms with E-state index in [0.29, 0.717) is 0 Å². The number of para-hydroxylation sites is 1. The molecule has 118 valence electrons. The average molecular weight is 332 g/mol. The first kappa shape index (κ1) is 16.1. The van der Waals surface area contributed by atoms with Gasteiger partial charge in [-0.3, -0.25) is 0 Å². The Hall–Kier alpha value is -2.29. The summed E-state index contributed by atoms with van der Waals surface area (Å²) >= 11 is 0. The molecule has 0 fully saturated rings. The lowest BCUT2D eigenvalue weighted by Crippen LogP contribution is -2.38. The highest BCUT2D eigenvalue weighted by molar-refractivity contribution is 7.94. The summed E-state index contributed by atoms with van der Waals surface area (Å²) in [7, 11) is -4.34. The number of alkyl halides is 3. The molecular weight excluding hydrogens is 321 g/mol. The van der Waals surface area contributed by atoms with Crippen molar-refractivity contribution in [3.05, 3.63) is 48.7 Å². The molecule has 2 rings (SSSR count). The van der Waals surface area contributed by atoms with Gasteiger partial charge in [-0.25, -0.2) is 9.29 Å². The fourth-order valence-electron chi connectivity index (χ4n) is 1.70. The van der Waals surface area contributed by atoms with Crippen molar-refractivity contribution in [3.63, 3.8) is 0 Å². The molecule has 0 atom stereocenters. The Morgan fingerprint density at radius 1 is 1.14 bits per heavy atom. The second-order valence-electron chi connectivity index (χ2n) is 4.10. The summed E-state index contributed by atoms with van der Waals surface area (Å²) in [5.41, 5.74) is -5.64. The molecule has 0 aliphatic carbocycles. The van der Waals surface area contributed by atoms with E-state index in [1.165, 1.54) is 37.4 Å². The summed E-state index contributed by atoms with van der Waals surface area (Å²) in [4.78, 5) is 3.71. The number of halogens is 3. The van der Waals surface area contributed by atoms with Crippen LogP contribution < -0.4 is 9.04 Å². The van der Waals surface area contributed by atoms with Gasteiger partial charge in [-0.05, 0) is 18.2 Å². The number of anilines is 2. The van der Waals surface area contributed by atoms with Crippen molar-refractivity contribution in [1.82, 2.24) is 4.98 Å². The van der Waals surface area contributed by atoms with Gasteiger partial charge in [-0.1, -0.05) is 18.2 Å². The fourth-order valence-corrected chi connectivity index (χ4v) is 2.65. The van der Waals surface area contributed by atoms with E-state index in [-0.39, 0.29) is 15.7 Å². The quantitative estimate of drug-likeness (QED) is 0.863. The van der Waals surface area contributed by atoms with E-state index >= 15 is 0 Å². The predicted molar refractivity (Wildman–Crippen MR) is 74.3 cm³/mol. The van der Waals surface area contributed by atoms with Gasteiger partial charge < -0.3 is 4.74 Å². The van der Waals surface area contributed by atoms with Crippen LogP contribution in [0.5, 0.6) is 5.75 Å². The molecule has 9 heteroatoms.